The summed E-state index contributed by atoms with van der Waals surface area (Å²) in [7, 11) is -1.61. The second kappa shape index (κ2) is 9.80. The summed E-state index contributed by atoms with van der Waals surface area (Å²) in [4.78, 5) is 4.55. The highest BCUT2D eigenvalue weighted by atomic mass is 32.2. The Bertz CT molecular complexity index is 744. The summed E-state index contributed by atoms with van der Waals surface area (Å²) < 4.78 is 30.6. The molecule has 27 heavy (non-hydrogen) atoms. The van der Waals surface area contributed by atoms with Gasteiger partial charge in [0.15, 0.2) is 17.5 Å². The molecule has 152 valence electrons. The van der Waals surface area contributed by atoms with Crippen molar-refractivity contribution in [3.8, 4) is 11.5 Å². The van der Waals surface area contributed by atoms with Gasteiger partial charge in [0, 0.05) is 31.2 Å². The molecule has 1 fully saturated rings. The monoisotopic (exact) mass is 398 g/mol. The lowest BCUT2D eigenvalue weighted by Crippen LogP contribution is -2.50. The van der Waals surface area contributed by atoms with Crippen LogP contribution in [0.5, 0.6) is 11.5 Å². The topological polar surface area (TPSA) is 103 Å². The van der Waals surface area contributed by atoms with Crippen LogP contribution in [0.25, 0.3) is 0 Å². The molecule has 1 aliphatic rings. The molecule has 0 spiro atoms. The molecule has 1 aromatic rings. The van der Waals surface area contributed by atoms with Gasteiger partial charge in [-0.3, -0.25) is 0 Å². The molecule has 0 amide bonds. The lowest BCUT2D eigenvalue weighted by Gasteiger charge is -2.32. The standard InChI is InChI=1S/C18H30N4O4S/c1-4-19-18(20-13-14-7-6-8-16(26-3)17(14)23)21-15-9-11-22(12-10-15)27(24,25)5-2/h6-8,15,23H,4-5,9-13H2,1-3H3,(H2,19,20,21). The number of nitrogens with zero attached hydrogens (tertiary/aromatic N) is 2. The number of piperidine rings is 1. The number of phenols is 1. The van der Waals surface area contributed by atoms with Crippen LogP contribution in [-0.2, 0) is 16.6 Å². The minimum Gasteiger partial charge on any atom is -0.504 e. The molecule has 0 aliphatic carbocycles. The molecule has 9 heteroatoms. The van der Waals surface area contributed by atoms with Gasteiger partial charge in [0.25, 0.3) is 0 Å². The minimum atomic E-state index is -3.12. The van der Waals surface area contributed by atoms with Crippen LogP contribution >= 0.6 is 0 Å². The average molecular weight is 399 g/mol. The maximum Gasteiger partial charge on any atom is 0.213 e. The first-order valence-electron chi connectivity index (χ1n) is 9.28. The number of sulfonamides is 1. The van der Waals surface area contributed by atoms with Gasteiger partial charge in [0.2, 0.25) is 10.0 Å². The Morgan fingerprint density at radius 3 is 2.63 bits per heavy atom. The fraction of sp³-hybridized carbons (Fsp3) is 0.611. The second-order valence-corrected chi connectivity index (χ2v) is 8.64. The van der Waals surface area contributed by atoms with E-state index in [4.69, 9.17) is 4.74 Å². The Hall–Kier alpha value is -2.00. The molecule has 0 bridgehead atoms. The molecule has 8 nitrogen and oxygen atoms in total. The predicted molar refractivity (Wildman–Crippen MR) is 107 cm³/mol. The highest BCUT2D eigenvalue weighted by Crippen LogP contribution is 2.29. The summed E-state index contributed by atoms with van der Waals surface area (Å²) in [5.74, 6) is 1.30. The summed E-state index contributed by atoms with van der Waals surface area (Å²) in [6.45, 7) is 5.70. The van der Waals surface area contributed by atoms with E-state index in [1.54, 1.807) is 23.4 Å². The first kappa shape index (κ1) is 21.3. The number of benzene rings is 1. The Labute approximate surface area is 161 Å². The minimum absolute atomic E-state index is 0.0951. The van der Waals surface area contributed by atoms with Crippen LogP contribution < -0.4 is 15.4 Å². The van der Waals surface area contributed by atoms with Crippen LogP contribution in [-0.4, -0.2) is 62.3 Å². The average Bonchev–Trinajstić information content (AvgIpc) is 2.67. The fourth-order valence-corrected chi connectivity index (χ4v) is 4.13. The molecule has 2 rings (SSSR count). The number of aliphatic imine (C=N–C) groups is 1. The summed E-state index contributed by atoms with van der Waals surface area (Å²) in [5.41, 5.74) is 0.676. The van der Waals surface area contributed by atoms with Crippen molar-refractivity contribution in [3.05, 3.63) is 23.8 Å². The van der Waals surface area contributed by atoms with E-state index in [1.165, 1.54) is 7.11 Å². The van der Waals surface area contributed by atoms with Gasteiger partial charge in [-0.2, -0.15) is 0 Å². The summed E-state index contributed by atoms with van der Waals surface area (Å²) in [5, 5.41) is 16.7. The number of methoxy groups -OCH3 is 1. The van der Waals surface area contributed by atoms with Gasteiger partial charge in [0.05, 0.1) is 19.4 Å². The largest absolute Gasteiger partial charge is 0.504 e. The molecular weight excluding hydrogens is 368 g/mol. The Kier molecular flexibility index (Phi) is 7.73. The first-order chi connectivity index (χ1) is 12.9. The van der Waals surface area contributed by atoms with Crippen molar-refractivity contribution < 1.29 is 18.3 Å². The van der Waals surface area contributed by atoms with Gasteiger partial charge < -0.3 is 20.5 Å². The van der Waals surface area contributed by atoms with E-state index >= 15 is 0 Å². The normalized spacial score (nSPS) is 16.9. The molecule has 1 heterocycles. The van der Waals surface area contributed by atoms with Crippen LogP contribution in [0, 0.1) is 0 Å². The number of aromatic hydroxyl groups is 1. The molecule has 0 saturated carbocycles. The highest BCUT2D eigenvalue weighted by Gasteiger charge is 2.27. The number of nitrogens with one attached hydrogen (secondary N) is 2. The third-order valence-corrected chi connectivity index (χ3v) is 6.49. The Morgan fingerprint density at radius 1 is 1.33 bits per heavy atom. The molecule has 0 radical (unpaired) electrons. The number of phenolic OH excluding ortho intramolecular Hbond substituents is 1. The van der Waals surface area contributed by atoms with E-state index < -0.39 is 10.0 Å². The predicted octanol–water partition coefficient (Wildman–Crippen LogP) is 1.27. The molecular formula is C18H30N4O4S. The smallest absolute Gasteiger partial charge is 0.213 e. The second-order valence-electron chi connectivity index (χ2n) is 6.38. The number of guanidine groups is 1. The van der Waals surface area contributed by atoms with Crippen LogP contribution in [0.2, 0.25) is 0 Å². The van der Waals surface area contributed by atoms with Gasteiger partial charge in [0.1, 0.15) is 0 Å². The van der Waals surface area contributed by atoms with Gasteiger partial charge in [-0.15, -0.1) is 0 Å². The SMILES string of the molecule is CCNC(=NCc1cccc(OC)c1O)NC1CCN(S(=O)(=O)CC)CC1. The number of hydrogen-bond donors (Lipinski definition) is 3. The van der Waals surface area contributed by atoms with Gasteiger partial charge in [-0.1, -0.05) is 12.1 Å². The van der Waals surface area contributed by atoms with Gasteiger partial charge >= 0.3 is 0 Å². The van der Waals surface area contributed by atoms with Crippen molar-refractivity contribution in [2.45, 2.75) is 39.3 Å². The lowest BCUT2D eigenvalue weighted by atomic mass is 10.1. The van der Waals surface area contributed by atoms with E-state index in [-0.39, 0.29) is 17.5 Å². The van der Waals surface area contributed by atoms with Crippen molar-refractivity contribution in [2.75, 3.05) is 32.5 Å². The number of rotatable bonds is 7. The van der Waals surface area contributed by atoms with Gasteiger partial charge in [-0.25, -0.2) is 17.7 Å². The number of para-hydroxylation sites is 1. The Morgan fingerprint density at radius 2 is 2.04 bits per heavy atom. The van der Waals surface area contributed by atoms with Crippen molar-refractivity contribution >= 4 is 16.0 Å². The molecule has 0 aromatic heterocycles. The molecule has 1 aliphatic heterocycles. The van der Waals surface area contributed by atoms with Crippen LogP contribution in [0.4, 0.5) is 0 Å². The molecule has 0 unspecified atom stereocenters. The van der Waals surface area contributed by atoms with Crippen LogP contribution in [0.15, 0.2) is 23.2 Å². The van der Waals surface area contributed by atoms with E-state index in [9.17, 15) is 13.5 Å². The third kappa shape index (κ3) is 5.74. The summed E-state index contributed by atoms with van der Waals surface area (Å²) in [6, 6.07) is 5.47. The van der Waals surface area contributed by atoms with E-state index in [1.807, 2.05) is 13.0 Å². The molecule has 1 aromatic carbocycles. The van der Waals surface area contributed by atoms with Gasteiger partial charge in [-0.05, 0) is 32.8 Å². The molecule has 0 atom stereocenters. The number of hydrogen-bond acceptors (Lipinski definition) is 5. The summed E-state index contributed by atoms with van der Waals surface area (Å²) in [6.07, 6.45) is 1.46. The molecule has 1 saturated heterocycles. The zero-order valence-electron chi connectivity index (χ0n) is 16.2. The third-order valence-electron chi connectivity index (χ3n) is 4.61. The van der Waals surface area contributed by atoms with Crippen molar-refractivity contribution in [1.82, 2.24) is 14.9 Å². The van der Waals surface area contributed by atoms with Crippen molar-refractivity contribution in [1.29, 1.82) is 0 Å². The number of ether oxygens (including phenoxy) is 1. The van der Waals surface area contributed by atoms with Crippen LogP contribution in [0.3, 0.4) is 0 Å². The first-order valence-corrected chi connectivity index (χ1v) is 10.9. The maximum atomic E-state index is 12.0. The quantitative estimate of drug-likeness (QED) is 0.472. The van der Waals surface area contributed by atoms with E-state index in [0.717, 1.165) is 12.8 Å². The zero-order valence-corrected chi connectivity index (χ0v) is 17.1. The van der Waals surface area contributed by atoms with Crippen LogP contribution in [0.1, 0.15) is 32.3 Å². The van der Waals surface area contributed by atoms with E-state index in [2.05, 4.69) is 15.6 Å². The van der Waals surface area contributed by atoms with E-state index in [0.29, 0.717) is 43.5 Å². The summed E-state index contributed by atoms with van der Waals surface area (Å²) >= 11 is 0. The van der Waals surface area contributed by atoms with Crippen molar-refractivity contribution in [3.63, 3.8) is 0 Å². The fourth-order valence-electron chi connectivity index (χ4n) is 3.00. The zero-order chi connectivity index (χ0) is 19.9. The Balaban J connectivity index is 1.99. The lowest BCUT2D eigenvalue weighted by molar-refractivity contribution is 0.306. The molecule has 3 N–H and O–H groups in total. The van der Waals surface area contributed by atoms with Crippen molar-refractivity contribution in [2.24, 2.45) is 4.99 Å². The highest BCUT2D eigenvalue weighted by molar-refractivity contribution is 7.89. The maximum absolute atomic E-state index is 12.0.